The topological polar surface area (TPSA) is 99.3 Å². The molecule has 0 saturated carbocycles. The third-order valence-corrected chi connectivity index (χ3v) is 7.17. The van der Waals surface area contributed by atoms with Crippen LogP contribution in [-0.2, 0) is 21.6 Å². The van der Waals surface area contributed by atoms with Crippen LogP contribution in [-0.4, -0.2) is 47.8 Å². The molecule has 1 fully saturated rings. The highest BCUT2D eigenvalue weighted by molar-refractivity contribution is 5.76. The number of amidine groups is 1. The molecular weight excluding hydrogens is 463 g/mol. The summed E-state index contributed by atoms with van der Waals surface area (Å²) in [6.07, 6.45) is 1.45. The molecule has 4 heterocycles. The lowest BCUT2D eigenvalue weighted by atomic mass is 9.71. The van der Waals surface area contributed by atoms with Crippen molar-refractivity contribution in [3.63, 3.8) is 0 Å². The average Bonchev–Trinajstić information content (AvgIpc) is 3.30. The fourth-order valence-electron chi connectivity index (χ4n) is 5.38. The summed E-state index contributed by atoms with van der Waals surface area (Å²) >= 11 is 0. The third kappa shape index (κ3) is 3.80. The lowest BCUT2D eigenvalue weighted by molar-refractivity contribution is -0.0234. The fraction of sp³-hybridized carbons (Fsp3) is 0.296. The van der Waals surface area contributed by atoms with Crippen LogP contribution in [0.25, 0.3) is 11.1 Å². The molecule has 3 aromatic rings. The van der Waals surface area contributed by atoms with E-state index in [1.54, 1.807) is 17.0 Å². The molecule has 6 rings (SSSR count). The van der Waals surface area contributed by atoms with Gasteiger partial charge in [-0.15, -0.1) is 0 Å². The molecule has 1 spiro atoms. The zero-order valence-corrected chi connectivity index (χ0v) is 19.5. The first-order valence-corrected chi connectivity index (χ1v) is 11.9. The summed E-state index contributed by atoms with van der Waals surface area (Å²) in [4.78, 5) is 23.2. The molecule has 0 radical (unpaired) electrons. The smallest absolute Gasteiger partial charge is 0.410 e. The number of carbonyl (C=O) groups excluding carboxylic acids is 1. The number of hydrogen-bond acceptors (Lipinski definition) is 7. The number of aromatic nitrogens is 1. The Bertz CT molecular complexity index is 1330. The number of nitrogens with zero attached hydrogens (tertiary/aromatic N) is 3. The van der Waals surface area contributed by atoms with Crippen molar-refractivity contribution in [1.82, 2.24) is 9.88 Å². The summed E-state index contributed by atoms with van der Waals surface area (Å²) in [6.45, 7) is 1.27. The van der Waals surface area contributed by atoms with Crippen LogP contribution in [0.15, 0.2) is 71.9 Å². The number of benzene rings is 2. The molecule has 2 aromatic carbocycles. The van der Waals surface area contributed by atoms with Gasteiger partial charge in [0, 0.05) is 42.8 Å². The second-order valence-electron chi connectivity index (χ2n) is 9.25. The second kappa shape index (κ2) is 8.82. The highest BCUT2D eigenvalue weighted by Crippen LogP contribution is 2.51. The number of carbonyl (C=O) groups is 1. The Morgan fingerprint density at radius 1 is 1.19 bits per heavy atom. The zero-order chi connectivity index (χ0) is 24.7. The molecular formula is C27H25FN4O4. The van der Waals surface area contributed by atoms with E-state index >= 15 is 0 Å². The molecule has 9 heteroatoms. The molecule has 0 aliphatic carbocycles. The molecule has 0 bridgehead atoms. The van der Waals surface area contributed by atoms with E-state index in [0.717, 1.165) is 11.1 Å². The van der Waals surface area contributed by atoms with Crippen LogP contribution in [0.4, 0.5) is 9.18 Å². The van der Waals surface area contributed by atoms with Gasteiger partial charge in [-0.1, -0.05) is 36.4 Å². The standard InChI is InChI=1S/C27H25FN4O4/c28-24-19(7-4-11-30-24)18-8-9-22-20(13-18)27(16-35-25(29)31-27)21-14-32(12-10-23(21)36-22)26(33)34-15-17-5-2-1-3-6-17/h1-9,11,13,21,23H,10,12,14-16H2,(H2,29,31)/t21-,23-,27+/m0/s1. The third-order valence-electron chi connectivity index (χ3n) is 7.17. The lowest BCUT2D eigenvalue weighted by Crippen LogP contribution is -2.58. The van der Waals surface area contributed by atoms with E-state index in [4.69, 9.17) is 24.9 Å². The molecule has 3 aliphatic heterocycles. The Balaban J connectivity index is 1.31. The Hall–Kier alpha value is -4.14. The number of pyridine rings is 1. The summed E-state index contributed by atoms with van der Waals surface area (Å²) in [5, 5.41) is 0. The number of rotatable bonds is 3. The van der Waals surface area contributed by atoms with Gasteiger partial charge in [-0.25, -0.2) is 14.8 Å². The minimum atomic E-state index is -0.866. The predicted molar refractivity (Wildman–Crippen MR) is 130 cm³/mol. The maximum absolute atomic E-state index is 14.5. The number of halogens is 1. The van der Waals surface area contributed by atoms with E-state index in [-0.39, 0.29) is 37.4 Å². The van der Waals surface area contributed by atoms with Gasteiger partial charge in [0.15, 0.2) is 0 Å². The summed E-state index contributed by atoms with van der Waals surface area (Å²) in [5.74, 6) is -0.124. The van der Waals surface area contributed by atoms with Crippen molar-refractivity contribution >= 4 is 12.1 Å². The van der Waals surface area contributed by atoms with Crippen LogP contribution in [0.3, 0.4) is 0 Å². The Morgan fingerprint density at radius 2 is 2.06 bits per heavy atom. The van der Waals surface area contributed by atoms with E-state index in [2.05, 4.69) is 4.98 Å². The first-order valence-electron chi connectivity index (χ1n) is 11.9. The van der Waals surface area contributed by atoms with Crippen LogP contribution in [0.5, 0.6) is 5.75 Å². The van der Waals surface area contributed by atoms with Crippen LogP contribution < -0.4 is 10.5 Å². The highest BCUT2D eigenvalue weighted by atomic mass is 19.1. The van der Waals surface area contributed by atoms with Crippen molar-refractivity contribution < 1.29 is 23.4 Å². The summed E-state index contributed by atoms with van der Waals surface area (Å²) in [6, 6.07) is 18.5. The largest absolute Gasteiger partial charge is 0.490 e. The average molecular weight is 489 g/mol. The second-order valence-corrected chi connectivity index (χ2v) is 9.25. The minimum absolute atomic E-state index is 0.0864. The molecule has 1 amide bonds. The van der Waals surface area contributed by atoms with Crippen LogP contribution in [0.2, 0.25) is 0 Å². The van der Waals surface area contributed by atoms with E-state index in [1.807, 2.05) is 48.5 Å². The molecule has 8 nitrogen and oxygen atoms in total. The minimum Gasteiger partial charge on any atom is -0.490 e. The maximum atomic E-state index is 14.5. The van der Waals surface area contributed by atoms with Crippen molar-refractivity contribution in [1.29, 1.82) is 0 Å². The number of hydrogen-bond donors (Lipinski definition) is 1. The fourth-order valence-corrected chi connectivity index (χ4v) is 5.38. The molecule has 3 atom stereocenters. The summed E-state index contributed by atoms with van der Waals surface area (Å²) in [7, 11) is 0. The van der Waals surface area contributed by atoms with Gasteiger partial charge < -0.3 is 24.8 Å². The lowest BCUT2D eigenvalue weighted by Gasteiger charge is -2.48. The van der Waals surface area contributed by atoms with Crippen molar-refractivity contribution in [2.45, 2.75) is 24.7 Å². The predicted octanol–water partition coefficient (Wildman–Crippen LogP) is 3.85. The van der Waals surface area contributed by atoms with Crippen molar-refractivity contribution in [3.8, 4) is 16.9 Å². The first kappa shape index (κ1) is 22.3. The van der Waals surface area contributed by atoms with Gasteiger partial charge >= 0.3 is 6.09 Å². The van der Waals surface area contributed by atoms with E-state index in [1.165, 1.54) is 6.20 Å². The maximum Gasteiger partial charge on any atom is 0.410 e. The van der Waals surface area contributed by atoms with Crippen LogP contribution >= 0.6 is 0 Å². The van der Waals surface area contributed by atoms with Gasteiger partial charge in [-0.2, -0.15) is 4.39 Å². The molecule has 0 unspecified atom stereocenters. The molecule has 1 aromatic heterocycles. The Kier molecular flexibility index (Phi) is 5.47. The van der Waals surface area contributed by atoms with E-state index in [0.29, 0.717) is 36.4 Å². The van der Waals surface area contributed by atoms with E-state index in [9.17, 15) is 9.18 Å². The summed E-state index contributed by atoms with van der Waals surface area (Å²) < 4.78 is 32.1. The van der Waals surface area contributed by atoms with Crippen molar-refractivity contribution in [2.24, 2.45) is 16.6 Å². The van der Waals surface area contributed by atoms with Crippen molar-refractivity contribution in [3.05, 3.63) is 83.9 Å². The number of amides is 1. The molecule has 1 saturated heterocycles. The number of aliphatic imine (C=N–C) groups is 1. The quantitative estimate of drug-likeness (QED) is 0.563. The molecule has 3 aliphatic rings. The molecule has 2 N–H and O–H groups in total. The van der Waals surface area contributed by atoms with Crippen LogP contribution in [0, 0.1) is 11.9 Å². The monoisotopic (exact) mass is 488 g/mol. The number of fused-ring (bicyclic) bond motifs is 4. The first-order chi connectivity index (χ1) is 17.5. The van der Waals surface area contributed by atoms with Gasteiger partial charge in [-0.05, 0) is 35.4 Å². The molecule has 36 heavy (non-hydrogen) atoms. The van der Waals surface area contributed by atoms with Gasteiger partial charge in [0.1, 0.15) is 30.6 Å². The number of likely N-dealkylation sites (tertiary alicyclic amines) is 1. The highest BCUT2D eigenvalue weighted by Gasteiger charge is 2.56. The van der Waals surface area contributed by atoms with Crippen molar-refractivity contribution in [2.75, 3.05) is 19.7 Å². The van der Waals surface area contributed by atoms with Gasteiger partial charge in [0.2, 0.25) is 5.95 Å². The number of piperidine rings is 1. The van der Waals surface area contributed by atoms with Gasteiger partial charge in [0.25, 0.3) is 6.02 Å². The molecule has 184 valence electrons. The number of ether oxygens (including phenoxy) is 3. The summed E-state index contributed by atoms with van der Waals surface area (Å²) in [5.41, 5.74) is 7.85. The van der Waals surface area contributed by atoms with Crippen LogP contribution in [0.1, 0.15) is 17.5 Å². The normalized spacial score (nSPS) is 24.2. The SMILES string of the molecule is NC1=N[C@]2(CO1)c1cc(-c3cccnc3F)ccc1O[C@H]1CCN(C(=O)OCc3ccccc3)C[C@@H]12. The van der Waals surface area contributed by atoms with E-state index < -0.39 is 11.5 Å². The van der Waals surface area contributed by atoms with Gasteiger partial charge in [-0.3, -0.25) is 0 Å². The Labute approximate surface area is 207 Å². The zero-order valence-electron chi connectivity index (χ0n) is 19.5. The Morgan fingerprint density at radius 3 is 2.83 bits per heavy atom. The number of nitrogens with two attached hydrogens (primary N) is 1. The van der Waals surface area contributed by atoms with Gasteiger partial charge in [0.05, 0.1) is 0 Å².